The van der Waals surface area contributed by atoms with Gasteiger partial charge in [0.05, 0.1) is 31.5 Å². The zero-order valence-electron chi connectivity index (χ0n) is 16.4. The van der Waals surface area contributed by atoms with E-state index in [2.05, 4.69) is 29.3 Å². The SMILES string of the molecule is COc1ccc(C2=NN3[C@@H](C2)c2ccccc2O[C@H]3c2ccccc2OC)cc1. The van der Waals surface area contributed by atoms with Crippen molar-refractivity contribution < 1.29 is 14.2 Å². The molecule has 0 aromatic heterocycles. The van der Waals surface area contributed by atoms with E-state index in [1.807, 2.05) is 48.5 Å². The van der Waals surface area contributed by atoms with E-state index in [0.717, 1.165) is 46.1 Å². The summed E-state index contributed by atoms with van der Waals surface area (Å²) in [5.74, 6) is 2.53. The number of nitrogens with zero attached hydrogens (tertiary/aromatic N) is 2. The summed E-state index contributed by atoms with van der Waals surface area (Å²) in [7, 11) is 3.36. The number of para-hydroxylation sites is 2. The van der Waals surface area contributed by atoms with Gasteiger partial charge < -0.3 is 14.2 Å². The van der Waals surface area contributed by atoms with Crippen LogP contribution < -0.4 is 14.2 Å². The highest BCUT2D eigenvalue weighted by atomic mass is 16.5. The lowest BCUT2D eigenvalue weighted by Crippen LogP contribution is -2.33. The smallest absolute Gasteiger partial charge is 0.217 e. The van der Waals surface area contributed by atoms with Crippen LogP contribution in [0.5, 0.6) is 17.2 Å². The van der Waals surface area contributed by atoms with Gasteiger partial charge in [-0.3, -0.25) is 0 Å². The average molecular weight is 386 g/mol. The monoisotopic (exact) mass is 386 g/mol. The Bertz CT molecular complexity index is 1060. The van der Waals surface area contributed by atoms with Gasteiger partial charge in [0.2, 0.25) is 6.23 Å². The van der Waals surface area contributed by atoms with Crippen LogP contribution in [0.2, 0.25) is 0 Å². The van der Waals surface area contributed by atoms with E-state index in [-0.39, 0.29) is 12.3 Å². The molecule has 3 aromatic carbocycles. The Kier molecular flexibility index (Phi) is 4.35. The lowest BCUT2D eigenvalue weighted by atomic mass is 9.96. The Balaban J connectivity index is 1.58. The summed E-state index contributed by atoms with van der Waals surface area (Å²) >= 11 is 0. The fourth-order valence-corrected chi connectivity index (χ4v) is 4.07. The fraction of sp³-hybridized carbons (Fsp3) is 0.208. The van der Waals surface area contributed by atoms with Crippen molar-refractivity contribution in [2.24, 2.45) is 5.10 Å². The lowest BCUT2D eigenvalue weighted by Gasteiger charge is -2.38. The van der Waals surface area contributed by atoms with Crippen molar-refractivity contribution in [2.45, 2.75) is 18.7 Å². The maximum Gasteiger partial charge on any atom is 0.217 e. The normalized spacial score (nSPS) is 19.7. The maximum atomic E-state index is 6.41. The molecule has 5 heteroatoms. The first kappa shape index (κ1) is 17.6. The van der Waals surface area contributed by atoms with Crippen LogP contribution in [-0.2, 0) is 0 Å². The Morgan fingerprint density at radius 3 is 2.34 bits per heavy atom. The number of fused-ring (bicyclic) bond motifs is 3. The number of benzene rings is 3. The van der Waals surface area contributed by atoms with Crippen LogP contribution in [0.25, 0.3) is 0 Å². The second kappa shape index (κ2) is 7.17. The molecule has 0 fully saturated rings. The molecule has 0 spiro atoms. The molecule has 0 N–H and O–H groups in total. The van der Waals surface area contributed by atoms with Crippen LogP contribution in [0.1, 0.15) is 35.4 Å². The van der Waals surface area contributed by atoms with Gasteiger partial charge >= 0.3 is 0 Å². The summed E-state index contributed by atoms with van der Waals surface area (Å²) < 4.78 is 17.3. The molecule has 2 aliphatic heterocycles. The van der Waals surface area contributed by atoms with Gasteiger partial charge in [-0.1, -0.05) is 30.3 Å². The van der Waals surface area contributed by atoms with Crippen LogP contribution in [0.15, 0.2) is 77.9 Å². The van der Waals surface area contributed by atoms with Gasteiger partial charge in [0.1, 0.15) is 17.2 Å². The fourth-order valence-electron chi connectivity index (χ4n) is 4.07. The largest absolute Gasteiger partial charge is 0.497 e. The molecule has 0 bridgehead atoms. The highest BCUT2D eigenvalue weighted by molar-refractivity contribution is 6.02. The summed E-state index contributed by atoms with van der Waals surface area (Å²) in [6, 6.07) is 24.3. The summed E-state index contributed by atoms with van der Waals surface area (Å²) in [6.07, 6.45) is 0.472. The molecule has 0 radical (unpaired) electrons. The van der Waals surface area contributed by atoms with E-state index in [0.29, 0.717) is 0 Å². The van der Waals surface area contributed by atoms with Crippen LogP contribution in [-0.4, -0.2) is 24.9 Å². The molecule has 5 rings (SSSR count). The Hall–Kier alpha value is -3.47. The van der Waals surface area contributed by atoms with Crippen molar-refractivity contribution in [2.75, 3.05) is 14.2 Å². The second-order valence-electron chi connectivity index (χ2n) is 7.13. The standard InChI is InChI=1S/C24H22N2O3/c1-27-17-13-11-16(12-14-17)20-15-21-18-7-3-6-10-23(18)29-24(26(21)25-20)19-8-4-5-9-22(19)28-2/h3-14,21,24H,15H2,1-2H3/t21-,24-/m0/s1. The van der Waals surface area contributed by atoms with Crippen LogP contribution in [0.4, 0.5) is 0 Å². The quantitative estimate of drug-likeness (QED) is 0.637. The highest BCUT2D eigenvalue weighted by Crippen LogP contribution is 2.48. The number of rotatable bonds is 4. The summed E-state index contributed by atoms with van der Waals surface area (Å²) in [5, 5.41) is 7.07. The molecular weight excluding hydrogens is 364 g/mol. The molecule has 3 aromatic rings. The Morgan fingerprint density at radius 2 is 1.59 bits per heavy atom. The summed E-state index contributed by atoms with van der Waals surface area (Å²) in [5.41, 5.74) is 4.26. The molecule has 5 nitrogen and oxygen atoms in total. The summed E-state index contributed by atoms with van der Waals surface area (Å²) in [4.78, 5) is 0. The van der Waals surface area contributed by atoms with Crippen molar-refractivity contribution in [1.29, 1.82) is 0 Å². The average Bonchev–Trinajstić information content (AvgIpc) is 3.24. The minimum Gasteiger partial charge on any atom is -0.497 e. The number of hydrogen-bond donors (Lipinski definition) is 0. The highest BCUT2D eigenvalue weighted by Gasteiger charge is 2.41. The minimum atomic E-state index is -0.346. The molecule has 0 aliphatic carbocycles. The molecule has 0 saturated carbocycles. The first-order valence-electron chi connectivity index (χ1n) is 9.67. The molecular formula is C24H22N2O3. The van der Waals surface area contributed by atoms with E-state index >= 15 is 0 Å². The van der Waals surface area contributed by atoms with Crippen molar-refractivity contribution in [3.63, 3.8) is 0 Å². The first-order chi connectivity index (χ1) is 14.3. The van der Waals surface area contributed by atoms with Crippen LogP contribution >= 0.6 is 0 Å². The third kappa shape index (κ3) is 2.99. The van der Waals surface area contributed by atoms with E-state index in [1.54, 1.807) is 14.2 Å². The van der Waals surface area contributed by atoms with E-state index in [4.69, 9.17) is 19.3 Å². The zero-order chi connectivity index (χ0) is 19.8. The number of ether oxygens (including phenoxy) is 3. The van der Waals surface area contributed by atoms with E-state index in [9.17, 15) is 0 Å². The topological polar surface area (TPSA) is 43.3 Å². The molecule has 146 valence electrons. The zero-order valence-corrected chi connectivity index (χ0v) is 16.4. The van der Waals surface area contributed by atoms with E-state index < -0.39 is 0 Å². The first-order valence-corrected chi connectivity index (χ1v) is 9.67. The van der Waals surface area contributed by atoms with Gasteiger partial charge in [-0.05, 0) is 48.0 Å². The summed E-state index contributed by atoms with van der Waals surface area (Å²) in [6.45, 7) is 0. The number of hydrogen-bond acceptors (Lipinski definition) is 5. The Morgan fingerprint density at radius 1 is 0.862 bits per heavy atom. The molecule has 0 unspecified atom stereocenters. The third-order valence-corrected chi connectivity index (χ3v) is 5.53. The predicted molar refractivity (Wildman–Crippen MR) is 112 cm³/mol. The molecule has 2 aliphatic rings. The van der Waals surface area contributed by atoms with Crippen molar-refractivity contribution in [3.8, 4) is 17.2 Å². The molecule has 29 heavy (non-hydrogen) atoms. The van der Waals surface area contributed by atoms with Crippen molar-refractivity contribution in [1.82, 2.24) is 5.01 Å². The molecule has 0 saturated heterocycles. The van der Waals surface area contributed by atoms with Gasteiger partial charge in [-0.2, -0.15) is 5.10 Å². The predicted octanol–water partition coefficient (Wildman–Crippen LogP) is 4.95. The van der Waals surface area contributed by atoms with Gasteiger partial charge in [-0.15, -0.1) is 0 Å². The van der Waals surface area contributed by atoms with Gasteiger partial charge in [0.25, 0.3) is 0 Å². The lowest BCUT2D eigenvalue weighted by molar-refractivity contribution is -0.0203. The van der Waals surface area contributed by atoms with Gasteiger partial charge in [0.15, 0.2) is 0 Å². The van der Waals surface area contributed by atoms with E-state index in [1.165, 1.54) is 0 Å². The van der Waals surface area contributed by atoms with Crippen molar-refractivity contribution >= 4 is 5.71 Å². The number of hydrazone groups is 1. The Labute approximate surface area is 170 Å². The molecule has 2 atom stereocenters. The van der Waals surface area contributed by atoms with Gasteiger partial charge in [-0.25, -0.2) is 5.01 Å². The second-order valence-corrected chi connectivity index (χ2v) is 7.13. The van der Waals surface area contributed by atoms with Crippen LogP contribution in [0.3, 0.4) is 0 Å². The third-order valence-electron chi connectivity index (χ3n) is 5.53. The van der Waals surface area contributed by atoms with Crippen LogP contribution in [0, 0.1) is 0 Å². The maximum absolute atomic E-state index is 6.41. The molecule has 2 heterocycles. The molecule has 0 amide bonds. The number of methoxy groups -OCH3 is 2. The van der Waals surface area contributed by atoms with Gasteiger partial charge in [0, 0.05) is 12.0 Å². The van der Waals surface area contributed by atoms with Crippen molar-refractivity contribution in [3.05, 3.63) is 89.5 Å². The minimum absolute atomic E-state index is 0.118.